The molecule has 0 bridgehead atoms. The molecule has 0 fully saturated rings. The minimum Gasteiger partial charge on any atom is -0.456 e. The van der Waals surface area contributed by atoms with Gasteiger partial charge in [-0.1, -0.05) is 6.07 Å². The molecule has 0 saturated heterocycles. The zero-order valence-electron chi connectivity index (χ0n) is 15.5. The molecule has 0 aliphatic heterocycles. The van der Waals surface area contributed by atoms with Gasteiger partial charge >= 0.3 is 0 Å². The number of imidazole rings is 1. The van der Waals surface area contributed by atoms with Gasteiger partial charge in [0.05, 0.1) is 12.9 Å². The second-order valence-corrected chi connectivity index (χ2v) is 7.50. The smallest absolute Gasteiger partial charge is 0.265 e. The summed E-state index contributed by atoms with van der Waals surface area (Å²) in [4.78, 5) is 19.1. The van der Waals surface area contributed by atoms with E-state index >= 15 is 0 Å². The molecule has 0 amide bonds. The molecule has 3 rings (SSSR count). The number of aromatic nitrogens is 3. The molecule has 2 aromatic heterocycles. The van der Waals surface area contributed by atoms with Crippen LogP contribution in [0.5, 0.6) is 11.5 Å². The van der Waals surface area contributed by atoms with Crippen LogP contribution in [0.1, 0.15) is 33.8 Å². The number of H-pyrrole nitrogens is 1. The van der Waals surface area contributed by atoms with Gasteiger partial charge in [0.2, 0.25) is 0 Å². The highest BCUT2D eigenvalue weighted by molar-refractivity contribution is 14.1. The third-order valence-electron chi connectivity index (χ3n) is 4.22. The standard InChI is InChI=1S/C20H16IN5O2/c1-11-4-12(2)6-14(5-11)28-19-15(13(3)25-20(27)18(19)21)9-26-10-24-16(7-22)17(26)8-23/h4-6,10H,9H2,1-3H3,(H,25,27). The maximum Gasteiger partial charge on any atom is 0.265 e. The number of aryl methyl sites for hydroxylation is 3. The summed E-state index contributed by atoms with van der Waals surface area (Å²) in [5.74, 6) is 1.06. The van der Waals surface area contributed by atoms with Crippen molar-refractivity contribution in [2.24, 2.45) is 0 Å². The number of aromatic amines is 1. The highest BCUT2D eigenvalue weighted by Gasteiger charge is 2.19. The van der Waals surface area contributed by atoms with Crippen LogP contribution in [0.2, 0.25) is 0 Å². The van der Waals surface area contributed by atoms with Crippen LogP contribution < -0.4 is 10.3 Å². The lowest BCUT2D eigenvalue weighted by Gasteiger charge is -2.16. The van der Waals surface area contributed by atoms with Crippen LogP contribution >= 0.6 is 22.6 Å². The first-order chi connectivity index (χ1) is 13.3. The number of pyridine rings is 1. The van der Waals surface area contributed by atoms with E-state index < -0.39 is 0 Å². The quantitative estimate of drug-likeness (QED) is 0.568. The first-order valence-corrected chi connectivity index (χ1v) is 9.44. The van der Waals surface area contributed by atoms with Crippen molar-refractivity contribution in [1.29, 1.82) is 10.5 Å². The molecule has 3 aromatic rings. The fourth-order valence-electron chi connectivity index (χ4n) is 2.98. The molecular formula is C20H16IN5O2. The number of hydrogen-bond acceptors (Lipinski definition) is 5. The van der Waals surface area contributed by atoms with E-state index in [1.54, 1.807) is 11.5 Å². The topological polar surface area (TPSA) is 107 Å². The Bertz CT molecular complexity index is 1190. The molecule has 0 saturated carbocycles. The predicted molar refractivity (Wildman–Crippen MR) is 111 cm³/mol. The number of nitriles is 2. The molecule has 140 valence electrons. The molecule has 0 unspecified atom stereocenters. The number of rotatable bonds is 4. The number of nitrogens with zero attached hydrogens (tertiary/aromatic N) is 4. The van der Waals surface area contributed by atoms with Crippen LogP contribution in [0.15, 0.2) is 29.3 Å². The summed E-state index contributed by atoms with van der Waals surface area (Å²) in [6, 6.07) is 9.75. The summed E-state index contributed by atoms with van der Waals surface area (Å²) in [6.45, 7) is 5.96. The molecule has 0 atom stereocenters. The van der Waals surface area contributed by atoms with Gasteiger partial charge in [-0.05, 0) is 66.6 Å². The normalized spacial score (nSPS) is 10.4. The van der Waals surface area contributed by atoms with Gasteiger partial charge < -0.3 is 14.3 Å². The Morgan fingerprint density at radius 3 is 2.46 bits per heavy atom. The number of halogens is 1. The van der Waals surface area contributed by atoms with E-state index in [4.69, 9.17) is 10.00 Å². The van der Waals surface area contributed by atoms with Crippen molar-refractivity contribution in [3.05, 3.63) is 72.2 Å². The van der Waals surface area contributed by atoms with E-state index in [0.717, 1.165) is 11.1 Å². The van der Waals surface area contributed by atoms with Gasteiger partial charge in [-0.3, -0.25) is 4.79 Å². The average Bonchev–Trinajstić information content (AvgIpc) is 3.03. The lowest BCUT2D eigenvalue weighted by atomic mass is 10.1. The fraction of sp³-hybridized carbons (Fsp3) is 0.200. The molecule has 0 aliphatic carbocycles. The summed E-state index contributed by atoms with van der Waals surface area (Å²) >= 11 is 1.95. The molecule has 0 spiro atoms. The Kier molecular flexibility index (Phi) is 5.52. The van der Waals surface area contributed by atoms with E-state index in [-0.39, 0.29) is 23.5 Å². The number of benzene rings is 1. The highest BCUT2D eigenvalue weighted by atomic mass is 127. The summed E-state index contributed by atoms with van der Waals surface area (Å²) in [5.41, 5.74) is 3.42. The van der Waals surface area contributed by atoms with Crippen molar-refractivity contribution >= 4 is 22.6 Å². The SMILES string of the molecule is Cc1cc(C)cc(Oc2c(Cn3cnc(C#N)c3C#N)c(C)[nH]c(=O)c2I)c1. The second-order valence-electron chi connectivity index (χ2n) is 6.42. The van der Waals surface area contributed by atoms with Crippen LogP contribution in [0.4, 0.5) is 0 Å². The third-order valence-corrected chi connectivity index (χ3v) is 5.20. The van der Waals surface area contributed by atoms with Crippen molar-refractivity contribution < 1.29 is 4.74 Å². The van der Waals surface area contributed by atoms with Gasteiger partial charge in [0.1, 0.15) is 21.5 Å². The maximum atomic E-state index is 12.3. The molecule has 7 nitrogen and oxygen atoms in total. The minimum absolute atomic E-state index is 0.0658. The van der Waals surface area contributed by atoms with Gasteiger partial charge in [-0.2, -0.15) is 10.5 Å². The number of ether oxygens (including phenoxy) is 1. The molecule has 1 aromatic carbocycles. The molecule has 8 heteroatoms. The van der Waals surface area contributed by atoms with Crippen molar-refractivity contribution in [3.63, 3.8) is 0 Å². The van der Waals surface area contributed by atoms with Gasteiger partial charge in [0, 0.05) is 11.3 Å². The summed E-state index contributed by atoms with van der Waals surface area (Å²) in [5, 5.41) is 18.5. The summed E-state index contributed by atoms with van der Waals surface area (Å²) in [6.07, 6.45) is 1.44. The van der Waals surface area contributed by atoms with Crippen LogP contribution in [0.25, 0.3) is 0 Å². The number of hydrogen-bond donors (Lipinski definition) is 1. The Morgan fingerprint density at radius 1 is 1.18 bits per heavy atom. The lowest BCUT2D eigenvalue weighted by Crippen LogP contribution is -2.17. The average molecular weight is 485 g/mol. The molecule has 28 heavy (non-hydrogen) atoms. The fourth-order valence-corrected chi connectivity index (χ4v) is 3.56. The van der Waals surface area contributed by atoms with Crippen LogP contribution in [0.3, 0.4) is 0 Å². The van der Waals surface area contributed by atoms with Gasteiger partial charge in [-0.15, -0.1) is 0 Å². The van der Waals surface area contributed by atoms with Gasteiger partial charge in [0.25, 0.3) is 5.56 Å². The Hall–Kier alpha value is -3.11. The molecular weight excluding hydrogens is 469 g/mol. The maximum absolute atomic E-state index is 12.3. The molecule has 2 heterocycles. The monoisotopic (exact) mass is 485 g/mol. The van der Waals surface area contributed by atoms with E-state index in [1.165, 1.54) is 6.33 Å². The van der Waals surface area contributed by atoms with Crippen molar-refractivity contribution in [1.82, 2.24) is 14.5 Å². The van der Waals surface area contributed by atoms with E-state index in [2.05, 4.69) is 9.97 Å². The predicted octanol–water partition coefficient (Wildman–Crippen LogP) is 3.69. The lowest BCUT2D eigenvalue weighted by molar-refractivity contribution is 0.466. The molecule has 0 aliphatic rings. The minimum atomic E-state index is -0.245. The first kappa shape index (κ1) is 19.6. The van der Waals surface area contributed by atoms with Gasteiger partial charge in [0.15, 0.2) is 17.1 Å². The van der Waals surface area contributed by atoms with Crippen molar-refractivity contribution in [2.75, 3.05) is 0 Å². The molecule has 1 N–H and O–H groups in total. The highest BCUT2D eigenvalue weighted by Crippen LogP contribution is 2.32. The zero-order chi connectivity index (χ0) is 20.4. The third kappa shape index (κ3) is 3.78. The largest absolute Gasteiger partial charge is 0.456 e. The first-order valence-electron chi connectivity index (χ1n) is 8.36. The Morgan fingerprint density at radius 2 is 1.86 bits per heavy atom. The number of nitrogens with one attached hydrogen (secondary N) is 1. The summed E-state index contributed by atoms with van der Waals surface area (Å²) < 4.78 is 8.12. The molecule has 0 radical (unpaired) electrons. The summed E-state index contributed by atoms with van der Waals surface area (Å²) in [7, 11) is 0. The van der Waals surface area contributed by atoms with E-state index in [1.807, 2.05) is 66.8 Å². The zero-order valence-corrected chi connectivity index (χ0v) is 17.7. The van der Waals surface area contributed by atoms with Crippen molar-refractivity contribution in [2.45, 2.75) is 27.3 Å². The second kappa shape index (κ2) is 7.87. The van der Waals surface area contributed by atoms with E-state index in [0.29, 0.717) is 26.3 Å². The Labute approximate surface area is 175 Å². The Balaban J connectivity index is 2.13. The van der Waals surface area contributed by atoms with Crippen LogP contribution in [0, 0.1) is 47.0 Å². The van der Waals surface area contributed by atoms with E-state index in [9.17, 15) is 10.1 Å². The van der Waals surface area contributed by atoms with Crippen LogP contribution in [-0.4, -0.2) is 14.5 Å². The van der Waals surface area contributed by atoms with Gasteiger partial charge in [-0.25, -0.2) is 4.98 Å². The van der Waals surface area contributed by atoms with Crippen molar-refractivity contribution in [3.8, 4) is 23.6 Å². The van der Waals surface area contributed by atoms with Crippen LogP contribution in [-0.2, 0) is 6.54 Å².